The molecule has 0 saturated carbocycles. The van der Waals surface area contributed by atoms with Gasteiger partial charge >= 0.3 is 0 Å². The predicted molar refractivity (Wildman–Crippen MR) is 90.1 cm³/mol. The van der Waals surface area contributed by atoms with E-state index < -0.39 is 11.9 Å². The number of aromatic nitrogens is 2. The van der Waals surface area contributed by atoms with Crippen molar-refractivity contribution < 1.29 is 9.59 Å². The van der Waals surface area contributed by atoms with Crippen molar-refractivity contribution in [2.45, 2.75) is 32.2 Å². The minimum atomic E-state index is -0.498. The van der Waals surface area contributed by atoms with E-state index >= 15 is 0 Å². The molecular weight excluding hydrogens is 304 g/mol. The summed E-state index contributed by atoms with van der Waals surface area (Å²) in [5.41, 5.74) is 7.85. The van der Waals surface area contributed by atoms with Crippen LogP contribution in [0.2, 0.25) is 0 Å². The highest BCUT2D eigenvalue weighted by Gasteiger charge is 2.33. The average Bonchev–Trinajstić information content (AvgIpc) is 3.11. The molecule has 0 bridgehead atoms. The third-order valence-corrected chi connectivity index (χ3v) is 4.35. The van der Waals surface area contributed by atoms with Crippen molar-refractivity contribution in [2.24, 2.45) is 5.73 Å². The summed E-state index contributed by atoms with van der Waals surface area (Å²) in [7, 11) is 0. The summed E-state index contributed by atoms with van der Waals surface area (Å²) in [6, 6.07) is 6.63. The van der Waals surface area contributed by atoms with E-state index in [1.54, 1.807) is 17.0 Å². The molecule has 1 aliphatic heterocycles. The lowest BCUT2D eigenvalue weighted by Crippen LogP contribution is -2.43. The first kappa shape index (κ1) is 16.1. The second-order valence-electron chi connectivity index (χ2n) is 5.90. The Balaban J connectivity index is 1.78. The minimum Gasteiger partial charge on any atom is -0.368 e. The largest absolute Gasteiger partial charge is 0.368 e. The van der Waals surface area contributed by atoms with E-state index in [0.717, 1.165) is 24.0 Å². The molecule has 1 saturated heterocycles. The first-order valence-electron chi connectivity index (χ1n) is 8.11. The maximum Gasteiger partial charge on any atom is 0.254 e. The van der Waals surface area contributed by atoms with Gasteiger partial charge in [0.2, 0.25) is 5.91 Å². The van der Waals surface area contributed by atoms with Crippen molar-refractivity contribution in [2.75, 3.05) is 6.54 Å². The van der Waals surface area contributed by atoms with Crippen LogP contribution in [0.4, 0.5) is 0 Å². The first-order valence-corrected chi connectivity index (χ1v) is 8.11. The lowest BCUT2D eigenvalue weighted by atomic mass is 10.1. The van der Waals surface area contributed by atoms with Gasteiger partial charge in [0.05, 0.1) is 0 Å². The van der Waals surface area contributed by atoms with Crippen LogP contribution >= 0.6 is 0 Å². The number of nitrogens with zero attached hydrogens (tertiary/aromatic N) is 3. The SMILES string of the molecule is CCc1cnc(-c2ccc(C(=O)N3CCC[C@H]3C(N)=O)cc2)nc1. The van der Waals surface area contributed by atoms with Crippen LogP contribution in [-0.2, 0) is 11.2 Å². The van der Waals surface area contributed by atoms with E-state index in [4.69, 9.17) is 5.73 Å². The number of benzene rings is 1. The van der Waals surface area contributed by atoms with Crippen LogP contribution in [0.25, 0.3) is 11.4 Å². The average molecular weight is 324 g/mol. The number of likely N-dealkylation sites (tertiary alicyclic amines) is 1. The van der Waals surface area contributed by atoms with Gasteiger partial charge in [0.15, 0.2) is 5.82 Å². The van der Waals surface area contributed by atoms with Crippen LogP contribution in [0.3, 0.4) is 0 Å². The molecule has 0 aliphatic carbocycles. The molecule has 6 heteroatoms. The normalized spacial score (nSPS) is 17.0. The van der Waals surface area contributed by atoms with Gasteiger partial charge in [-0.25, -0.2) is 9.97 Å². The lowest BCUT2D eigenvalue weighted by Gasteiger charge is -2.22. The van der Waals surface area contributed by atoms with Crippen LogP contribution in [0, 0.1) is 0 Å². The molecule has 1 aliphatic rings. The number of hydrogen-bond donors (Lipinski definition) is 1. The van der Waals surface area contributed by atoms with Crippen LogP contribution in [-0.4, -0.2) is 39.3 Å². The molecule has 24 heavy (non-hydrogen) atoms. The Morgan fingerprint density at radius 2 is 1.88 bits per heavy atom. The second-order valence-corrected chi connectivity index (χ2v) is 5.90. The summed E-state index contributed by atoms with van der Waals surface area (Å²) in [5, 5.41) is 0. The van der Waals surface area contributed by atoms with E-state index in [-0.39, 0.29) is 5.91 Å². The van der Waals surface area contributed by atoms with E-state index in [9.17, 15) is 9.59 Å². The quantitative estimate of drug-likeness (QED) is 0.928. The second kappa shape index (κ2) is 6.78. The Labute approximate surface area is 140 Å². The highest BCUT2D eigenvalue weighted by molar-refractivity contribution is 5.98. The molecule has 1 atom stereocenters. The summed E-state index contributed by atoms with van der Waals surface area (Å²) in [6.07, 6.45) is 5.95. The Morgan fingerprint density at radius 3 is 2.46 bits per heavy atom. The molecular formula is C18H20N4O2. The van der Waals surface area contributed by atoms with Gasteiger partial charge in [0, 0.05) is 30.1 Å². The summed E-state index contributed by atoms with van der Waals surface area (Å²) in [5.74, 6) is 0.0226. The Hall–Kier alpha value is -2.76. The maximum atomic E-state index is 12.6. The molecule has 2 amide bonds. The maximum absolute atomic E-state index is 12.6. The van der Waals surface area contributed by atoms with Crippen LogP contribution in [0.1, 0.15) is 35.7 Å². The van der Waals surface area contributed by atoms with Gasteiger partial charge in [-0.3, -0.25) is 9.59 Å². The van der Waals surface area contributed by atoms with Gasteiger partial charge in [-0.05, 0) is 37.0 Å². The van der Waals surface area contributed by atoms with Crippen LogP contribution in [0.15, 0.2) is 36.7 Å². The van der Waals surface area contributed by atoms with E-state index in [1.165, 1.54) is 0 Å². The molecule has 1 aromatic carbocycles. The summed E-state index contributed by atoms with van der Waals surface area (Å²) in [6.45, 7) is 2.62. The molecule has 2 aromatic rings. The molecule has 0 spiro atoms. The standard InChI is InChI=1S/C18H20N4O2/c1-2-12-10-20-17(21-11-12)13-5-7-14(8-6-13)18(24)22-9-3-4-15(22)16(19)23/h5-8,10-11,15H,2-4,9H2,1H3,(H2,19,23)/t15-/m0/s1. The molecule has 6 nitrogen and oxygen atoms in total. The van der Waals surface area contributed by atoms with E-state index in [0.29, 0.717) is 24.4 Å². The number of primary amides is 1. The summed E-state index contributed by atoms with van der Waals surface area (Å²) < 4.78 is 0. The van der Waals surface area contributed by atoms with Crippen molar-refractivity contribution in [3.63, 3.8) is 0 Å². The fourth-order valence-corrected chi connectivity index (χ4v) is 2.92. The number of rotatable bonds is 4. The van der Waals surface area contributed by atoms with Crippen molar-refractivity contribution in [3.8, 4) is 11.4 Å². The van der Waals surface area contributed by atoms with Crippen molar-refractivity contribution in [3.05, 3.63) is 47.8 Å². The molecule has 3 rings (SSSR count). The molecule has 0 unspecified atom stereocenters. The fraction of sp³-hybridized carbons (Fsp3) is 0.333. The zero-order chi connectivity index (χ0) is 17.1. The zero-order valence-corrected chi connectivity index (χ0v) is 13.6. The highest BCUT2D eigenvalue weighted by atomic mass is 16.2. The zero-order valence-electron chi connectivity index (χ0n) is 13.6. The number of aryl methyl sites for hydroxylation is 1. The van der Waals surface area contributed by atoms with Gasteiger partial charge in [0.25, 0.3) is 5.91 Å². The minimum absolute atomic E-state index is 0.162. The molecule has 0 radical (unpaired) electrons. The van der Waals surface area contributed by atoms with Crippen molar-refractivity contribution in [1.29, 1.82) is 0 Å². The monoisotopic (exact) mass is 324 g/mol. The third kappa shape index (κ3) is 3.13. The molecule has 1 fully saturated rings. The van der Waals surface area contributed by atoms with E-state index in [1.807, 2.05) is 24.5 Å². The van der Waals surface area contributed by atoms with Gasteiger partial charge in [-0.1, -0.05) is 19.1 Å². The van der Waals surface area contributed by atoms with E-state index in [2.05, 4.69) is 16.9 Å². The lowest BCUT2D eigenvalue weighted by molar-refractivity contribution is -0.121. The van der Waals surface area contributed by atoms with Gasteiger partial charge in [-0.15, -0.1) is 0 Å². The Bertz CT molecular complexity index is 741. The number of hydrogen-bond acceptors (Lipinski definition) is 4. The van der Waals surface area contributed by atoms with Crippen molar-refractivity contribution in [1.82, 2.24) is 14.9 Å². The van der Waals surface area contributed by atoms with Gasteiger partial charge < -0.3 is 10.6 Å². The fourth-order valence-electron chi connectivity index (χ4n) is 2.92. The molecule has 124 valence electrons. The van der Waals surface area contributed by atoms with Crippen molar-refractivity contribution >= 4 is 11.8 Å². The van der Waals surface area contributed by atoms with Crippen LogP contribution < -0.4 is 5.73 Å². The number of carbonyl (C=O) groups excluding carboxylic acids is 2. The number of amides is 2. The third-order valence-electron chi connectivity index (χ3n) is 4.35. The molecule has 2 N–H and O–H groups in total. The Morgan fingerprint density at radius 1 is 1.21 bits per heavy atom. The summed E-state index contributed by atoms with van der Waals surface area (Å²) >= 11 is 0. The smallest absolute Gasteiger partial charge is 0.254 e. The highest BCUT2D eigenvalue weighted by Crippen LogP contribution is 2.21. The van der Waals surface area contributed by atoms with Crippen LogP contribution in [0.5, 0.6) is 0 Å². The topological polar surface area (TPSA) is 89.2 Å². The molecule has 2 heterocycles. The predicted octanol–water partition coefficient (Wildman–Crippen LogP) is 1.80. The Kier molecular flexibility index (Phi) is 4.55. The van der Waals surface area contributed by atoms with Gasteiger partial charge in [-0.2, -0.15) is 0 Å². The van der Waals surface area contributed by atoms with Gasteiger partial charge in [0.1, 0.15) is 6.04 Å². The first-order chi connectivity index (χ1) is 11.6. The summed E-state index contributed by atoms with van der Waals surface area (Å²) in [4.78, 5) is 34.3. The number of carbonyl (C=O) groups is 2. The molecule has 1 aromatic heterocycles. The number of nitrogens with two attached hydrogens (primary N) is 1.